The van der Waals surface area contributed by atoms with Crippen LogP contribution in [0.1, 0.15) is 20.4 Å². The maximum Gasteiger partial charge on any atom is 0.265 e. The third-order valence-electron chi connectivity index (χ3n) is 4.30. The summed E-state index contributed by atoms with van der Waals surface area (Å²) in [5, 5.41) is 0.844. The zero-order valence-electron chi connectivity index (χ0n) is 14.8. The van der Waals surface area contributed by atoms with Crippen molar-refractivity contribution >= 4 is 22.9 Å². The van der Waals surface area contributed by atoms with Gasteiger partial charge in [-0.1, -0.05) is 12.1 Å². The van der Waals surface area contributed by atoms with Gasteiger partial charge in [0.2, 0.25) is 0 Å². The minimum Gasteiger partial charge on any atom is -0.495 e. The molecule has 1 saturated heterocycles. The van der Waals surface area contributed by atoms with Crippen LogP contribution in [-0.2, 0) is 11.3 Å². The summed E-state index contributed by atoms with van der Waals surface area (Å²) in [4.78, 5) is 22.1. The van der Waals surface area contributed by atoms with Gasteiger partial charge in [0.25, 0.3) is 5.91 Å². The predicted molar refractivity (Wildman–Crippen MR) is 98.7 cm³/mol. The highest BCUT2D eigenvalue weighted by molar-refractivity contribution is 7.13. The molecule has 6 nitrogen and oxygen atoms in total. The Kier molecular flexibility index (Phi) is 5.55. The molecule has 0 saturated carbocycles. The molecule has 7 heteroatoms. The first kappa shape index (κ1) is 17.7. The van der Waals surface area contributed by atoms with Crippen LogP contribution >= 0.6 is 11.3 Å². The first-order valence-corrected chi connectivity index (χ1v) is 9.08. The molecule has 1 aromatic carbocycles. The average Bonchev–Trinajstić information content (AvgIpc) is 3.02. The van der Waals surface area contributed by atoms with E-state index < -0.39 is 0 Å². The van der Waals surface area contributed by atoms with Gasteiger partial charge in [-0.25, -0.2) is 4.98 Å². The third-order valence-corrected chi connectivity index (χ3v) is 5.41. The van der Waals surface area contributed by atoms with Gasteiger partial charge in [0, 0.05) is 33.3 Å². The largest absolute Gasteiger partial charge is 0.495 e. The van der Waals surface area contributed by atoms with Crippen molar-refractivity contribution in [2.45, 2.75) is 13.5 Å². The number of hydrogen-bond donors (Lipinski definition) is 0. The number of amides is 1. The number of thiazole rings is 1. The predicted octanol–water partition coefficient (Wildman–Crippen LogP) is 2.57. The number of aryl methyl sites for hydroxylation is 1. The van der Waals surface area contributed by atoms with Gasteiger partial charge in [-0.05, 0) is 19.1 Å². The molecule has 1 amide bonds. The molecule has 0 N–H and O–H groups in total. The van der Waals surface area contributed by atoms with Crippen LogP contribution in [0, 0.1) is 6.92 Å². The second-order valence-corrected chi connectivity index (χ2v) is 6.99. The molecule has 0 aliphatic carbocycles. The van der Waals surface area contributed by atoms with E-state index in [1.807, 2.05) is 30.0 Å². The summed E-state index contributed by atoms with van der Waals surface area (Å²) in [6, 6.07) is 7.99. The highest BCUT2D eigenvalue weighted by Crippen LogP contribution is 2.29. The summed E-state index contributed by atoms with van der Waals surface area (Å²) in [5.74, 6) is 0.932. The number of nitrogens with zero attached hydrogens (tertiary/aromatic N) is 3. The van der Waals surface area contributed by atoms with Gasteiger partial charge in [0.15, 0.2) is 0 Å². The van der Waals surface area contributed by atoms with E-state index in [1.165, 1.54) is 11.3 Å². The maximum absolute atomic E-state index is 12.8. The molecule has 0 atom stereocenters. The number of aromatic nitrogens is 1. The first-order chi connectivity index (χ1) is 12.1. The molecule has 1 aliphatic heterocycles. The molecular formula is C18H23N3O3S. The SMILES string of the molecule is COCc1nc(C)c(C(=O)N2CCN(c3ccccc3OC)CC2)s1. The van der Waals surface area contributed by atoms with Gasteiger partial charge in [-0.3, -0.25) is 4.79 Å². The van der Waals surface area contributed by atoms with Crippen LogP contribution in [0.4, 0.5) is 5.69 Å². The van der Waals surface area contributed by atoms with Gasteiger partial charge in [-0.2, -0.15) is 0 Å². The summed E-state index contributed by atoms with van der Waals surface area (Å²) < 4.78 is 10.6. The summed E-state index contributed by atoms with van der Waals surface area (Å²) in [6.45, 7) is 5.28. The topological polar surface area (TPSA) is 54.9 Å². The van der Waals surface area contributed by atoms with Crippen LogP contribution in [0.15, 0.2) is 24.3 Å². The molecule has 0 bridgehead atoms. The van der Waals surface area contributed by atoms with E-state index in [2.05, 4.69) is 16.0 Å². The molecule has 2 aromatic rings. The third kappa shape index (κ3) is 3.77. The molecule has 0 spiro atoms. The number of benzene rings is 1. The van der Waals surface area contributed by atoms with Crippen molar-refractivity contribution in [1.82, 2.24) is 9.88 Å². The molecule has 2 heterocycles. The lowest BCUT2D eigenvalue weighted by atomic mass is 10.2. The number of rotatable bonds is 5. The van der Waals surface area contributed by atoms with E-state index in [9.17, 15) is 4.79 Å². The Bertz CT molecular complexity index is 739. The number of piperazine rings is 1. The fourth-order valence-electron chi connectivity index (χ4n) is 3.02. The Hall–Kier alpha value is -2.12. The van der Waals surface area contributed by atoms with Crippen molar-refractivity contribution in [2.24, 2.45) is 0 Å². The number of anilines is 1. The van der Waals surface area contributed by atoms with E-state index in [1.54, 1.807) is 14.2 Å². The van der Waals surface area contributed by atoms with Crippen LogP contribution in [-0.4, -0.2) is 56.2 Å². The van der Waals surface area contributed by atoms with Gasteiger partial charge >= 0.3 is 0 Å². The minimum absolute atomic E-state index is 0.0667. The zero-order chi connectivity index (χ0) is 17.8. The molecule has 1 aromatic heterocycles. The second kappa shape index (κ2) is 7.84. The number of carbonyl (C=O) groups is 1. The minimum atomic E-state index is 0.0667. The van der Waals surface area contributed by atoms with Gasteiger partial charge in [0.1, 0.15) is 15.6 Å². The van der Waals surface area contributed by atoms with E-state index in [0.717, 1.165) is 40.1 Å². The smallest absolute Gasteiger partial charge is 0.265 e. The van der Waals surface area contributed by atoms with Crippen molar-refractivity contribution in [3.8, 4) is 5.75 Å². The Balaban J connectivity index is 1.67. The summed E-state index contributed by atoms with van der Waals surface area (Å²) in [6.07, 6.45) is 0. The van der Waals surface area contributed by atoms with E-state index in [0.29, 0.717) is 19.7 Å². The van der Waals surface area contributed by atoms with Crippen molar-refractivity contribution in [1.29, 1.82) is 0 Å². The quantitative estimate of drug-likeness (QED) is 0.819. The number of methoxy groups -OCH3 is 2. The van der Waals surface area contributed by atoms with Crippen molar-refractivity contribution in [2.75, 3.05) is 45.3 Å². The maximum atomic E-state index is 12.8. The summed E-state index contributed by atoms with van der Waals surface area (Å²) in [7, 11) is 3.32. The van der Waals surface area contributed by atoms with Crippen molar-refractivity contribution < 1.29 is 14.3 Å². The molecule has 0 unspecified atom stereocenters. The number of hydrogen-bond acceptors (Lipinski definition) is 6. The number of carbonyl (C=O) groups excluding carboxylic acids is 1. The lowest BCUT2D eigenvalue weighted by Gasteiger charge is -2.36. The van der Waals surface area contributed by atoms with E-state index in [4.69, 9.17) is 9.47 Å². The second-order valence-electron chi connectivity index (χ2n) is 5.91. The van der Waals surface area contributed by atoms with E-state index >= 15 is 0 Å². The molecular weight excluding hydrogens is 338 g/mol. The molecule has 1 fully saturated rings. The molecule has 0 radical (unpaired) electrons. The van der Waals surface area contributed by atoms with Gasteiger partial charge in [0.05, 0.1) is 25.1 Å². The van der Waals surface area contributed by atoms with Crippen LogP contribution in [0.3, 0.4) is 0 Å². The van der Waals surface area contributed by atoms with Crippen LogP contribution in [0.25, 0.3) is 0 Å². The van der Waals surface area contributed by atoms with Crippen LogP contribution in [0.5, 0.6) is 5.75 Å². The fraction of sp³-hybridized carbons (Fsp3) is 0.444. The first-order valence-electron chi connectivity index (χ1n) is 8.26. The van der Waals surface area contributed by atoms with Gasteiger partial charge < -0.3 is 19.3 Å². The Morgan fingerprint density at radius 2 is 1.92 bits per heavy atom. The summed E-state index contributed by atoms with van der Waals surface area (Å²) in [5.41, 5.74) is 1.86. The lowest BCUT2D eigenvalue weighted by Crippen LogP contribution is -2.48. The molecule has 1 aliphatic rings. The Morgan fingerprint density at radius 1 is 1.20 bits per heavy atom. The average molecular weight is 361 g/mol. The Morgan fingerprint density at radius 3 is 2.60 bits per heavy atom. The number of para-hydroxylation sites is 2. The van der Waals surface area contributed by atoms with Crippen molar-refractivity contribution in [3.63, 3.8) is 0 Å². The monoisotopic (exact) mass is 361 g/mol. The van der Waals surface area contributed by atoms with Crippen LogP contribution < -0.4 is 9.64 Å². The van der Waals surface area contributed by atoms with Crippen LogP contribution in [0.2, 0.25) is 0 Å². The normalized spacial score (nSPS) is 14.7. The van der Waals surface area contributed by atoms with Crippen molar-refractivity contribution in [3.05, 3.63) is 39.8 Å². The fourth-order valence-corrected chi connectivity index (χ4v) is 4.03. The van der Waals surface area contributed by atoms with E-state index in [-0.39, 0.29) is 5.91 Å². The highest BCUT2D eigenvalue weighted by atomic mass is 32.1. The highest BCUT2D eigenvalue weighted by Gasteiger charge is 2.26. The summed E-state index contributed by atoms with van der Waals surface area (Å²) >= 11 is 1.43. The van der Waals surface area contributed by atoms with Gasteiger partial charge in [-0.15, -0.1) is 11.3 Å². The molecule has 3 rings (SSSR count). The standard InChI is InChI=1S/C18H23N3O3S/c1-13-17(25-16(19-13)12-23-2)18(22)21-10-8-20(9-11-21)14-6-4-5-7-15(14)24-3/h4-7H,8-12H2,1-3H3. The lowest BCUT2D eigenvalue weighted by molar-refractivity contribution is 0.0750. The molecule has 25 heavy (non-hydrogen) atoms. The molecule has 134 valence electrons. The Labute approximate surface area is 152 Å². The number of ether oxygens (including phenoxy) is 2. The zero-order valence-corrected chi connectivity index (χ0v) is 15.6.